The molecule has 10 heteroatoms. The van der Waals surface area contributed by atoms with Gasteiger partial charge in [-0.25, -0.2) is 4.98 Å². The topological polar surface area (TPSA) is 159 Å². The molecule has 7 N–H and O–H groups in total. The normalized spacial score (nSPS) is 19.1. The third-order valence-corrected chi connectivity index (χ3v) is 7.05. The first-order valence-electron chi connectivity index (χ1n) is 12.5. The highest BCUT2D eigenvalue weighted by molar-refractivity contribution is 5.98. The molecular weight excluding hydrogens is 470 g/mol. The molecule has 0 radical (unpaired) electrons. The number of nitrogens with one attached hydrogen (secondary N) is 2. The van der Waals surface area contributed by atoms with Gasteiger partial charge in [0.1, 0.15) is 17.1 Å². The Labute approximate surface area is 215 Å². The van der Waals surface area contributed by atoms with Crippen LogP contribution in [0, 0.1) is 0 Å². The van der Waals surface area contributed by atoms with Crippen molar-refractivity contribution >= 4 is 29.3 Å². The van der Waals surface area contributed by atoms with Crippen molar-refractivity contribution in [1.29, 1.82) is 0 Å². The molecule has 0 bridgehead atoms. The summed E-state index contributed by atoms with van der Waals surface area (Å²) < 4.78 is 0. The number of carbonyl (C=O) groups is 2. The van der Waals surface area contributed by atoms with Gasteiger partial charge in [0.15, 0.2) is 0 Å². The van der Waals surface area contributed by atoms with Crippen LogP contribution in [0.4, 0.5) is 17.5 Å². The second-order valence-corrected chi connectivity index (χ2v) is 9.65. The highest BCUT2D eigenvalue weighted by Gasteiger charge is 2.24. The van der Waals surface area contributed by atoms with E-state index in [-0.39, 0.29) is 29.3 Å². The number of amides is 2. The Morgan fingerprint density at radius 1 is 1.08 bits per heavy atom. The zero-order chi connectivity index (χ0) is 25.9. The largest absolute Gasteiger partial charge is 0.508 e. The molecule has 0 saturated heterocycles. The standard InChI is InChI=1S/C27H31N7O3/c28-22-6-1-2-7-23(22)32-27-30-14-21(24(29)36)25(33-27)31-19-9-8-16-10-11-34(15-18(16)12-19)26(37)17-4-3-5-20(35)13-17/h3-5,8-9,12-14,22-23,35H,1-2,6-7,10-11,15,28H2,(H2,29,36)(H2,30,31,32,33). The Balaban J connectivity index is 1.36. The number of fused-ring (bicyclic) bond motifs is 1. The Bertz CT molecular complexity index is 1330. The number of aromatic hydroxyl groups is 1. The Morgan fingerprint density at radius 3 is 2.70 bits per heavy atom. The summed E-state index contributed by atoms with van der Waals surface area (Å²) in [4.78, 5) is 35.7. The smallest absolute Gasteiger partial charge is 0.254 e. The first-order valence-corrected chi connectivity index (χ1v) is 12.5. The van der Waals surface area contributed by atoms with E-state index in [1.54, 1.807) is 17.0 Å². The number of benzene rings is 2. The van der Waals surface area contributed by atoms with Crippen LogP contribution in [0.2, 0.25) is 0 Å². The molecule has 1 saturated carbocycles. The minimum absolute atomic E-state index is 0.0238. The van der Waals surface area contributed by atoms with Crippen molar-refractivity contribution in [3.8, 4) is 5.75 Å². The van der Waals surface area contributed by atoms with Crippen molar-refractivity contribution in [2.24, 2.45) is 11.5 Å². The van der Waals surface area contributed by atoms with Crippen LogP contribution in [0.1, 0.15) is 57.5 Å². The summed E-state index contributed by atoms with van der Waals surface area (Å²) in [6.45, 7) is 1.02. The van der Waals surface area contributed by atoms with E-state index >= 15 is 0 Å². The van der Waals surface area contributed by atoms with Crippen molar-refractivity contribution in [1.82, 2.24) is 14.9 Å². The van der Waals surface area contributed by atoms with E-state index in [2.05, 4.69) is 20.6 Å². The Morgan fingerprint density at radius 2 is 1.92 bits per heavy atom. The number of phenolic OH excluding ortho intramolecular Hbond substituents is 1. The van der Waals surface area contributed by atoms with E-state index in [1.807, 2.05) is 18.2 Å². The van der Waals surface area contributed by atoms with Gasteiger partial charge in [0.2, 0.25) is 5.95 Å². The molecule has 3 aromatic rings. The van der Waals surface area contributed by atoms with Gasteiger partial charge in [-0.1, -0.05) is 25.0 Å². The van der Waals surface area contributed by atoms with Crippen LogP contribution in [0.15, 0.2) is 48.7 Å². The maximum atomic E-state index is 13.0. The molecule has 10 nitrogen and oxygen atoms in total. The Hall–Kier alpha value is -4.18. The van der Waals surface area contributed by atoms with E-state index in [0.29, 0.717) is 36.1 Å². The third kappa shape index (κ3) is 5.49. The van der Waals surface area contributed by atoms with Crippen LogP contribution in [0.25, 0.3) is 0 Å². The minimum atomic E-state index is -0.635. The number of aromatic nitrogens is 2. The molecule has 2 aliphatic rings. The number of rotatable bonds is 6. The van der Waals surface area contributed by atoms with Gasteiger partial charge in [-0.15, -0.1) is 0 Å². The number of hydrogen-bond donors (Lipinski definition) is 5. The number of primary amides is 1. The number of nitrogens with zero attached hydrogens (tertiary/aromatic N) is 3. The predicted octanol–water partition coefficient (Wildman–Crippen LogP) is 2.91. The van der Waals surface area contributed by atoms with Gasteiger partial charge in [0, 0.05) is 42.6 Å². The van der Waals surface area contributed by atoms with Crippen LogP contribution in [0.3, 0.4) is 0 Å². The third-order valence-electron chi connectivity index (χ3n) is 7.05. The van der Waals surface area contributed by atoms with Gasteiger partial charge in [-0.05, 0) is 60.7 Å². The summed E-state index contributed by atoms with van der Waals surface area (Å²) in [6.07, 6.45) is 6.23. The molecule has 2 heterocycles. The van der Waals surface area contributed by atoms with Crippen molar-refractivity contribution in [3.05, 3.63) is 70.9 Å². The van der Waals surface area contributed by atoms with Crippen LogP contribution >= 0.6 is 0 Å². The van der Waals surface area contributed by atoms with Gasteiger partial charge in [-0.2, -0.15) is 4.98 Å². The van der Waals surface area contributed by atoms with Crippen molar-refractivity contribution in [3.63, 3.8) is 0 Å². The number of hydrogen-bond acceptors (Lipinski definition) is 8. The van der Waals surface area contributed by atoms with Gasteiger partial charge < -0.3 is 32.1 Å². The van der Waals surface area contributed by atoms with Gasteiger partial charge >= 0.3 is 0 Å². The lowest BCUT2D eigenvalue weighted by atomic mass is 9.91. The molecule has 2 aromatic carbocycles. The summed E-state index contributed by atoms with van der Waals surface area (Å²) in [7, 11) is 0. The fourth-order valence-electron chi connectivity index (χ4n) is 5.00. The lowest BCUT2D eigenvalue weighted by Gasteiger charge is -2.30. The summed E-state index contributed by atoms with van der Waals surface area (Å²) in [5, 5.41) is 16.3. The molecule has 5 rings (SSSR count). The first kappa shape index (κ1) is 24.5. The quantitative estimate of drug-likeness (QED) is 0.345. The molecule has 2 atom stereocenters. The fraction of sp³-hybridized carbons (Fsp3) is 0.333. The van der Waals surface area contributed by atoms with Crippen molar-refractivity contribution < 1.29 is 14.7 Å². The van der Waals surface area contributed by atoms with Gasteiger partial charge in [0.25, 0.3) is 11.8 Å². The molecular formula is C27H31N7O3. The van der Waals surface area contributed by atoms with E-state index in [0.717, 1.165) is 43.2 Å². The average Bonchev–Trinajstić information content (AvgIpc) is 2.89. The Kier molecular flexibility index (Phi) is 6.91. The second-order valence-electron chi connectivity index (χ2n) is 9.65. The lowest BCUT2D eigenvalue weighted by Crippen LogP contribution is -2.43. The molecule has 2 unspecified atom stereocenters. The highest BCUT2D eigenvalue weighted by Crippen LogP contribution is 2.28. The summed E-state index contributed by atoms with van der Waals surface area (Å²) in [6, 6.07) is 12.3. The van der Waals surface area contributed by atoms with Crippen molar-refractivity contribution in [2.75, 3.05) is 17.2 Å². The molecule has 0 spiro atoms. The summed E-state index contributed by atoms with van der Waals surface area (Å²) in [5.74, 6) is -0.0228. The van der Waals surface area contributed by atoms with Gasteiger partial charge in [0.05, 0.1) is 0 Å². The minimum Gasteiger partial charge on any atom is -0.508 e. The van der Waals surface area contributed by atoms with Gasteiger partial charge in [-0.3, -0.25) is 9.59 Å². The molecule has 1 fully saturated rings. The SMILES string of the molecule is NC(=O)c1cnc(NC2CCCCC2N)nc1Nc1ccc2c(c1)CN(C(=O)c1cccc(O)c1)CC2. The molecule has 1 aliphatic carbocycles. The number of nitrogens with two attached hydrogens (primary N) is 2. The van der Waals surface area contributed by atoms with Crippen molar-refractivity contribution in [2.45, 2.75) is 50.7 Å². The predicted molar refractivity (Wildman–Crippen MR) is 141 cm³/mol. The molecule has 37 heavy (non-hydrogen) atoms. The van der Waals surface area contributed by atoms with Crippen LogP contribution in [-0.4, -0.2) is 50.4 Å². The maximum Gasteiger partial charge on any atom is 0.254 e. The lowest BCUT2D eigenvalue weighted by molar-refractivity contribution is 0.0734. The first-order chi connectivity index (χ1) is 17.9. The van der Waals surface area contributed by atoms with E-state index in [9.17, 15) is 14.7 Å². The monoisotopic (exact) mass is 501 g/mol. The second kappa shape index (κ2) is 10.4. The van der Waals surface area contributed by atoms with E-state index < -0.39 is 5.91 Å². The average molecular weight is 502 g/mol. The molecule has 192 valence electrons. The number of carbonyl (C=O) groups excluding carboxylic acids is 2. The zero-order valence-corrected chi connectivity index (χ0v) is 20.5. The van der Waals surface area contributed by atoms with Crippen LogP contribution < -0.4 is 22.1 Å². The zero-order valence-electron chi connectivity index (χ0n) is 20.5. The molecule has 2 amide bonds. The van der Waals surface area contributed by atoms with E-state index in [4.69, 9.17) is 11.5 Å². The summed E-state index contributed by atoms with van der Waals surface area (Å²) in [5.41, 5.74) is 15.3. The summed E-state index contributed by atoms with van der Waals surface area (Å²) >= 11 is 0. The number of anilines is 3. The highest BCUT2D eigenvalue weighted by atomic mass is 16.3. The molecule has 1 aromatic heterocycles. The molecule has 1 aliphatic heterocycles. The maximum absolute atomic E-state index is 13.0. The van der Waals surface area contributed by atoms with Crippen LogP contribution in [-0.2, 0) is 13.0 Å². The number of phenols is 1. The van der Waals surface area contributed by atoms with E-state index in [1.165, 1.54) is 18.3 Å². The fourth-order valence-corrected chi connectivity index (χ4v) is 5.00. The van der Waals surface area contributed by atoms with Crippen LogP contribution in [0.5, 0.6) is 5.75 Å².